The summed E-state index contributed by atoms with van der Waals surface area (Å²) in [5.74, 6) is 0. The van der Waals surface area contributed by atoms with Crippen molar-refractivity contribution in [2.45, 2.75) is 18.9 Å². The maximum Gasteiger partial charge on any atom is 0.319 e. The summed E-state index contributed by atoms with van der Waals surface area (Å²) in [6.45, 7) is 1.73. The molecule has 1 saturated heterocycles. The Kier molecular flexibility index (Phi) is 4.30. The van der Waals surface area contributed by atoms with Gasteiger partial charge < -0.3 is 16.0 Å². The standard InChI is InChI=1S/C12H16N4O3/c17-12(15-10-4-2-6-13-8-10)14-9-3-1-5-11(7-9)16(18)19/h1,3,5,7,10,13H,2,4,6,8H2,(H2,14,15,17)/t10-/m0/s1. The Hall–Kier alpha value is -2.15. The molecule has 1 fully saturated rings. The fourth-order valence-electron chi connectivity index (χ4n) is 2.02. The number of nitro groups is 1. The highest BCUT2D eigenvalue weighted by Gasteiger charge is 2.15. The molecule has 0 aromatic heterocycles. The number of anilines is 1. The maximum atomic E-state index is 11.7. The van der Waals surface area contributed by atoms with Crippen LogP contribution in [0.5, 0.6) is 0 Å². The Morgan fingerprint density at radius 3 is 3.00 bits per heavy atom. The van der Waals surface area contributed by atoms with E-state index in [1.807, 2.05) is 0 Å². The van der Waals surface area contributed by atoms with E-state index in [9.17, 15) is 14.9 Å². The van der Waals surface area contributed by atoms with Crippen LogP contribution in [-0.2, 0) is 0 Å². The Balaban J connectivity index is 1.90. The molecule has 1 aliphatic rings. The van der Waals surface area contributed by atoms with Gasteiger partial charge in [0.15, 0.2) is 0 Å². The van der Waals surface area contributed by atoms with Crippen LogP contribution in [0.25, 0.3) is 0 Å². The van der Waals surface area contributed by atoms with Crippen molar-refractivity contribution in [1.29, 1.82) is 0 Å². The van der Waals surface area contributed by atoms with E-state index in [1.54, 1.807) is 6.07 Å². The van der Waals surface area contributed by atoms with Gasteiger partial charge >= 0.3 is 6.03 Å². The number of carbonyl (C=O) groups excluding carboxylic acids is 1. The van der Waals surface area contributed by atoms with Crippen molar-refractivity contribution in [2.24, 2.45) is 0 Å². The lowest BCUT2D eigenvalue weighted by Crippen LogP contribution is -2.47. The average molecular weight is 264 g/mol. The van der Waals surface area contributed by atoms with Crippen molar-refractivity contribution in [1.82, 2.24) is 10.6 Å². The second kappa shape index (κ2) is 6.14. The van der Waals surface area contributed by atoms with E-state index in [-0.39, 0.29) is 17.8 Å². The van der Waals surface area contributed by atoms with Crippen molar-refractivity contribution in [3.05, 3.63) is 34.4 Å². The van der Waals surface area contributed by atoms with Crippen LogP contribution in [0, 0.1) is 10.1 Å². The minimum Gasteiger partial charge on any atom is -0.334 e. The number of non-ortho nitro benzene ring substituents is 1. The molecular formula is C12H16N4O3. The molecule has 2 rings (SSSR count). The third-order valence-electron chi connectivity index (χ3n) is 2.95. The fourth-order valence-corrected chi connectivity index (χ4v) is 2.02. The van der Waals surface area contributed by atoms with Crippen LogP contribution in [0.15, 0.2) is 24.3 Å². The van der Waals surface area contributed by atoms with Gasteiger partial charge in [-0.05, 0) is 25.5 Å². The SMILES string of the molecule is O=C(Nc1cccc([N+](=O)[O-])c1)N[C@H]1CCCNC1. The monoisotopic (exact) mass is 264 g/mol. The van der Waals surface area contributed by atoms with Crippen LogP contribution in [0.3, 0.4) is 0 Å². The summed E-state index contributed by atoms with van der Waals surface area (Å²) in [7, 11) is 0. The van der Waals surface area contributed by atoms with E-state index in [0.717, 1.165) is 25.9 Å². The molecule has 0 saturated carbocycles. The third-order valence-corrected chi connectivity index (χ3v) is 2.95. The lowest BCUT2D eigenvalue weighted by molar-refractivity contribution is -0.384. The van der Waals surface area contributed by atoms with Crippen LogP contribution < -0.4 is 16.0 Å². The van der Waals surface area contributed by atoms with Crippen molar-refractivity contribution >= 4 is 17.4 Å². The van der Waals surface area contributed by atoms with Crippen LogP contribution in [0.4, 0.5) is 16.2 Å². The number of rotatable bonds is 3. The largest absolute Gasteiger partial charge is 0.334 e. The first-order valence-electron chi connectivity index (χ1n) is 6.18. The number of hydrogen-bond donors (Lipinski definition) is 3. The molecule has 1 aromatic carbocycles. The highest BCUT2D eigenvalue weighted by atomic mass is 16.6. The van der Waals surface area contributed by atoms with Gasteiger partial charge in [-0.2, -0.15) is 0 Å². The smallest absolute Gasteiger partial charge is 0.319 e. The van der Waals surface area contributed by atoms with E-state index in [4.69, 9.17) is 0 Å². The van der Waals surface area contributed by atoms with E-state index in [2.05, 4.69) is 16.0 Å². The molecule has 0 spiro atoms. The molecule has 3 N–H and O–H groups in total. The number of piperidine rings is 1. The number of carbonyl (C=O) groups is 1. The normalized spacial score (nSPS) is 18.6. The van der Waals surface area contributed by atoms with Crippen LogP contribution in [0.1, 0.15) is 12.8 Å². The summed E-state index contributed by atoms with van der Waals surface area (Å²) in [5.41, 5.74) is 0.368. The van der Waals surface area contributed by atoms with Gasteiger partial charge in [-0.15, -0.1) is 0 Å². The summed E-state index contributed by atoms with van der Waals surface area (Å²) >= 11 is 0. The summed E-state index contributed by atoms with van der Waals surface area (Å²) in [4.78, 5) is 21.9. The molecule has 1 atom stereocenters. The quantitative estimate of drug-likeness (QED) is 0.569. The Labute approximate surface area is 110 Å². The molecular weight excluding hydrogens is 248 g/mol. The highest BCUT2D eigenvalue weighted by Crippen LogP contribution is 2.16. The van der Waals surface area contributed by atoms with E-state index in [1.165, 1.54) is 18.2 Å². The second-order valence-corrected chi connectivity index (χ2v) is 4.45. The fraction of sp³-hybridized carbons (Fsp3) is 0.417. The van der Waals surface area contributed by atoms with Crippen molar-refractivity contribution in [2.75, 3.05) is 18.4 Å². The van der Waals surface area contributed by atoms with E-state index < -0.39 is 4.92 Å². The summed E-state index contributed by atoms with van der Waals surface area (Å²) in [6, 6.07) is 5.63. The number of nitrogens with zero attached hydrogens (tertiary/aromatic N) is 1. The molecule has 1 aromatic rings. The molecule has 0 radical (unpaired) electrons. The van der Waals surface area contributed by atoms with Crippen molar-refractivity contribution < 1.29 is 9.72 Å². The summed E-state index contributed by atoms with van der Waals surface area (Å²) < 4.78 is 0. The molecule has 0 bridgehead atoms. The lowest BCUT2D eigenvalue weighted by Gasteiger charge is -2.23. The summed E-state index contributed by atoms with van der Waals surface area (Å²) in [6.07, 6.45) is 1.97. The van der Waals surface area contributed by atoms with E-state index >= 15 is 0 Å². The Bertz CT molecular complexity index is 472. The van der Waals surface area contributed by atoms with Crippen LogP contribution >= 0.6 is 0 Å². The van der Waals surface area contributed by atoms with E-state index in [0.29, 0.717) is 5.69 Å². The minimum absolute atomic E-state index is 0.0443. The molecule has 19 heavy (non-hydrogen) atoms. The number of benzene rings is 1. The zero-order valence-electron chi connectivity index (χ0n) is 10.4. The Morgan fingerprint density at radius 1 is 1.47 bits per heavy atom. The zero-order chi connectivity index (χ0) is 13.7. The number of nitrogens with one attached hydrogen (secondary N) is 3. The van der Waals surface area contributed by atoms with Gasteiger partial charge in [-0.1, -0.05) is 6.07 Å². The van der Waals surface area contributed by atoms with Crippen molar-refractivity contribution in [3.8, 4) is 0 Å². The van der Waals surface area contributed by atoms with Gasteiger partial charge in [0.05, 0.1) is 4.92 Å². The molecule has 102 valence electrons. The topological polar surface area (TPSA) is 96.3 Å². The first-order chi connectivity index (χ1) is 9.15. The number of hydrogen-bond acceptors (Lipinski definition) is 4. The molecule has 1 heterocycles. The van der Waals surface area contributed by atoms with Gasteiger partial charge in [-0.3, -0.25) is 10.1 Å². The van der Waals surface area contributed by atoms with Crippen molar-refractivity contribution in [3.63, 3.8) is 0 Å². The molecule has 7 heteroatoms. The molecule has 0 aliphatic carbocycles. The van der Waals surface area contributed by atoms with Crippen LogP contribution in [0.2, 0.25) is 0 Å². The first kappa shape index (κ1) is 13.3. The predicted octanol–water partition coefficient (Wildman–Crippen LogP) is 1.47. The number of nitro benzene ring substituents is 1. The lowest BCUT2D eigenvalue weighted by atomic mass is 10.1. The van der Waals surface area contributed by atoms with Gasteiger partial charge in [0, 0.05) is 30.4 Å². The number of urea groups is 1. The molecule has 1 aliphatic heterocycles. The van der Waals surface area contributed by atoms with Gasteiger partial charge in [0.25, 0.3) is 5.69 Å². The van der Waals surface area contributed by atoms with Gasteiger partial charge in [0.1, 0.15) is 0 Å². The second-order valence-electron chi connectivity index (χ2n) is 4.45. The van der Waals surface area contributed by atoms with Gasteiger partial charge in [0.2, 0.25) is 0 Å². The third kappa shape index (κ3) is 3.92. The zero-order valence-corrected chi connectivity index (χ0v) is 10.4. The number of amides is 2. The minimum atomic E-state index is -0.492. The molecule has 7 nitrogen and oxygen atoms in total. The summed E-state index contributed by atoms with van der Waals surface area (Å²) in [5, 5.41) is 19.3. The molecule has 0 unspecified atom stereocenters. The maximum absolute atomic E-state index is 11.7. The Morgan fingerprint density at radius 2 is 2.32 bits per heavy atom. The van der Waals surface area contributed by atoms with Gasteiger partial charge in [-0.25, -0.2) is 4.79 Å². The first-order valence-corrected chi connectivity index (χ1v) is 6.18. The average Bonchev–Trinajstić information content (AvgIpc) is 2.40. The molecule has 2 amide bonds. The highest BCUT2D eigenvalue weighted by molar-refractivity contribution is 5.89. The predicted molar refractivity (Wildman–Crippen MR) is 71.1 cm³/mol. The van der Waals surface area contributed by atoms with Crippen LogP contribution in [-0.4, -0.2) is 30.1 Å².